The summed E-state index contributed by atoms with van der Waals surface area (Å²) < 4.78 is 70.1. The van der Waals surface area contributed by atoms with Gasteiger partial charge in [0, 0.05) is 7.05 Å². The number of benzene rings is 2. The first-order chi connectivity index (χ1) is 11.6. The van der Waals surface area contributed by atoms with Crippen molar-refractivity contribution < 1.29 is 26.3 Å². The average Bonchev–Trinajstić information content (AvgIpc) is 2.54. The fourth-order valence-electron chi connectivity index (χ4n) is 2.10. The smallest absolute Gasteiger partial charge is 0.417 e. The van der Waals surface area contributed by atoms with Gasteiger partial charge < -0.3 is 4.74 Å². The summed E-state index contributed by atoms with van der Waals surface area (Å²) in [4.78, 5) is -0.0676. The third-order valence-corrected chi connectivity index (χ3v) is 5.54. The number of nitrogens with zero attached hydrogens (tertiary/aromatic N) is 1. The second kappa shape index (κ2) is 7.13. The van der Waals surface area contributed by atoms with E-state index in [9.17, 15) is 21.6 Å². The molecule has 2 rings (SSSR count). The molecule has 2 aromatic carbocycles. The lowest BCUT2D eigenvalue weighted by atomic mass is 10.2. The fourth-order valence-corrected chi connectivity index (χ4v) is 3.51. The first kappa shape index (κ1) is 19.4. The molecule has 0 aliphatic rings. The zero-order valence-electron chi connectivity index (χ0n) is 13.3. The molecule has 25 heavy (non-hydrogen) atoms. The van der Waals surface area contributed by atoms with Crippen molar-refractivity contribution in [2.45, 2.75) is 18.0 Å². The molecule has 0 aliphatic heterocycles. The molecule has 0 radical (unpaired) electrons. The Bertz CT molecular complexity index is 852. The Balaban J connectivity index is 2.40. The molecule has 0 amide bonds. The third kappa shape index (κ3) is 4.19. The van der Waals surface area contributed by atoms with E-state index in [2.05, 4.69) is 0 Å². The summed E-state index contributed by atoms with van der Waals surface area (Å²) in [5.41, 5.74) is -1.24. The predicted octanol–water partition coefficient (Wildman–Crippen LogP) is 4.58. The van der Waals surface area contributed by atoms with Crippen molar-refractivity contribution in [1.82, 2.24) is 0 Å². The molecule has 136 valence electrons. The number of sulfonamides is 1. The summed E-state index contributed by atoms with van der Waals surface area (Å²) in [5, 5.41) is -0.497. The van der Waals surface area contributed by atoms with Gasteiger partial charge >= 0.3 is 6.18 Å². The van der Waals surface area contributed by atoms with E-state index < -0.39 is 26.8 Å². The van der Waals surface area contributed by atoms with Gasteiger partial charge in [0.05, 0.1) is 27.8 Å². The maximum atomic E-state index is 13.0. The number of hydrogen-bond donors (Lipinski definition) is 0. The van der Waals surface area contributed by atoms with Gasteiger partial charge in [0.15, 0.2) is 0 Å². The Morgan fingerprint density at radius 1 is 1.12 bits per heavy atom. The highest BCUT2D eigenvalue weighted by molar-refractivity contribution is 7.92. The Kier molecular flexibility index (Phi) is 5.53. The van der Waals surface area contributed by atoms with Crippen LogP contribution >= 0.6 is 11.6 Å². The second-order valence-electron chi connectivity index (χ2n) is 5.04. The maximum absolute atomic E-state index is 13.0. The molecule has 0 bridgehead atoms. The van der Waals surface area contributed by atoms with Crippen molar-refractivity contribution in [1.29, 1.82) is 0 Å². The quantitative estimate of drug-likeness (QED) is 0.746. The predicted molar refractivity (Wildman–Crippen MR) is 89.7 cm³/mol. The Labute approximate surface area is 148 Å². The molecule has 0 atom stereocenters. The summed E-state index contributed by atoms with van der Waals surface area (Å²) >= 11 is 5.56. The van der Waals surface area contributed by atoms with Crippen molar-refractivity contribution >= 4 is 27.3 Å². The summed E-state index contributed by atoms with van der Waals surface area (Å²) in [6, 6.07) is 8.55. The van der Waals surface area contributed by atoms with Crippen LogP contribution in [0, 0.1) is 0 Å². The first-order valence-electron chi connectivity index (χ1n) is 7.16. The van der Waals surface area contributed by atoms with Crippen molar-refractivity contribution in [3.05, 3.63) is 53.1 Å². The molecule has 0 aromatic heterocycles. The van der Waals surface area contributed by atoms with Crippen LogP contribution in [-0.2, 0) is 16.2 Å². The number of rotatable bonds is 5. The highest BCUT2D eigenvalue weighted by Gasteiger charge is 2.34. The molecule has 0 N–H and O–H groups in total. The molecule has 0 unspecified atom stereocenters. The first-order valence-corrected chi connectivity index (χ1v) is 8.97. The van der Waals surface area contributed by atoms with Crippen LogP contribution < -0.4 is 9.04 Å². The SMILES string of the molecule is CCOc1ccc(S(=O)(=O)N(C)c2ccc(Cl)c(C(F)(F)F)c2)cc1. The molecule has 0 saturated carbocycles. The van der Waals surface area contributed by atoms with E-state index >= 15 is 0 Å². The zero-order chi connectivity index (χ0) is 18.8. The molecular weight excluding hydrogens is 379 g/mol. The monoisotopic (exact) mass is 393 g/mol. The van der Waals surface area contributed by atoms with Gasteiger partial charge in [-0.2, -0.15) is 13.2 Å². The van der Waals surface area contributed by atoms with Crippen molar-refractivity contribution in [2.24, 2.45) is 0 Å². The molecule has 0 fully saturated rings. The van der Waals surface area contributed by atoms with Gasteiger partial charge in [-0.1, -0.05) is 11.6 Å². The summed E-state index contributed by atoms with van der Waals surface area (Å²) in [6.07, 6.45) is -4.68. The maximum Gasteiger partial charge on any atom is 0.417 e. The molecule has 0 saturated heterocycles. The topological polar surface area (TPSA) is 46.6 Å². The Hall–Kier alpha value is -1.93. The van der Waals surface area contributed by atoms with E-state index in [-0.39, 0.29) is 10.6 Å². The van der Waals surface area contributed by atoms with Crippen LogP contribution in [0.5, 0.6) is 5.75 Å². The normalized spacial score (nSPS) is 12.1. The van der Waals surface area contributed by atoms with Crippen LogP contribution in [0.25, 0.3) is 0 Å². The van der Waals surface area contributed by atoms with Crippen molar-refractivity contribution in [3.63, 3.8) is 0 Å². The van der Waals surface area contributed by atoms with Gasteiger partial charge in [-0.05, 0) is 49.4 Å². The molecule has 9 heteroatoms. The molecular formula is C16H15ClF3NO3S. The highest BCUT2D eigenvalue weighted by Crippen LogP contribution is 2.37. The molecule has 2 aromatic rings. The van der Waals surface area contributed by atoms with Crippen LogP contribution in [0.1, 0.15) is 12.5 Å². The van der Waals surface area contributed by atoms with Gasteiger partial charge in [-0.15, -0.1) is 0 Å². The van der Waals surface area contributed by atoms with Crippen LogP contribution in [0.3, 0.4) is 0 Å². The van der Waals surface area contributed by atoms with Gasteiger partial charge in [-0.3, -0.25) is 4.31 Å². The number of anilines is 1. The number of halogens is 4. The van der Waals surface area contributed by atoms with Gasteiger partial charge in [0.2, 0.25) is 0 Å². The van der Waals surface area contributed by atoms with Gasteiger partial charge in [0.1, 0.15) is 5.75 Å². The molecule has 0 heterocycles. The molecule has 0 aliphatic carbocycles. The van der Waals surface area contributed by atoms with Gasteiger partial charge in [0.25, 0.3) is 10.0 Å². The van der Waals surface area contributed by atoms with Crippen molar-refractivity contribution in [2.75, 3.05) is 18.0 Å². The second-order valence-corrected chi connectivity index (χ2v) is 7.42. The average molecular weight is 394 g/mol. The third-order valence-electron chi connectivity index (χ3n) is 3.41. The number of ether oxygens (including phenoxy) is 1. The lowest BCUT2D eigenvalue weighted by molar-refractivity contribution is -0.137. The van der Waals surface area contributed by atoms with E-state index in [1.807, 2.05) is 0 Å². The number of hydrogen-bond acceptors (Lipinski definition) is 3. The minimum Gasteiger partial charge on any atom is -0.494 e. The highest BCUT2D eigenvalue weighted by atomic mass is 35.5. The molecule has 4 nitrogen and oxygen atoms in total. The summed E-state index contributed by atoms with van der Waals surface area (Å²) in [7, 11) is -2.86. The Morgan fingerprint density at radius 3 is 2.24 bits per heavy atom. The standard InChI is InChI=1S/C16H15ClF3NO3S/c1-3-24-12-5-7-13(8-6-12)25(22,23)21(2)11-4-9-15(17)14(10-11)16(18,19)20/h4-10H,3H2,1-2H3. The van der Waals surface area contributed by atoms with E-state index in [1.54, 1.807) is 6.92 Å². The summed E-state index contributed by atoms with van der Waals surface area (Å²) in [5.74, 6) is 0.495. The van der Waals surface area contributed by atoms with E-state index in [1.165, 1.54) is 37.4 Å². The molecule has 0 spiro atoms. The minimum absolute atomic E-state index is 0.0676. The van der Waals surface area contributed by atoms with Crippen molar-refractivity contribution in [3.8, 4) is 5.75 Å². The van der Waals surface area contributed by atoms with E-state index in [0.29, 0.717) is 18.4 Å². The summed E-state index contributed by atoms with van der Waals surface area (Å²) in [6.45, 7) is 2.22. The van der Waals surface area contributed by atoms with E-state index in [0.717, 1.165) is 10.4 Å². The largest absolute Gasteiger partial charge is 0.494 e. The minimum atomic E-state index is -4.68. The van der Waals surface area contributed by atoms with Crippen LogP contribution in [-0.4, -0.2) is 22.1 Å². The fraction of sp³-hybridized carbons (Fsp3) is 0.250. The van der Waals surface area contributed by atoms with Gasteiger partial charge in [-0.25, -0.2) is 8.42 Å². The number of alkyl halides is 3. The lowest BCUT2D eigenvalue weighted by Crippen LogP contribution is -2.27. The van der Waals surface area contributed by atoms with E-state index in [4.69, 9.17) is 16.3 Å². The van der Waals surface area contributed by atoms with Crippen LogP contribution in [0.4, 0.5) is 18.9 Å². The Morgan fingerprint density at radius 2 is 1.72 bits per heavy atom. The van der Waals surface area contributed by atoms with Crippen LogP contribution in [0.2, 0.25) is 5.02 Å². The van der Waals surface area contributed by atoms with Crippen LogP contribution in [0.15, 0.2) is 47.4 Å². The zero-order valence-corrected chi connectivity index (χ0v) is 14.9. The lowest BCUT2D eigenvalue weighted by Gasteiger charge is -2.21.